The van der Waals surface area contributed by atoms with Crippen molar-refractivity contribution in [2.24, 2.45) is 0 Å². The van der Waals surface area contributed by atoms with Gasteiger partial charge in [0.05, 0.1) is 7.11 Å². The minimum Gasteiger partial charge on any atom is -0.504 e. The Morgan fingerprint density at radius 1 is 1.28 bits per heavy atom. The number of hydrogen-bond donors (Lipinski definition) is 3. The van der Waals surface area contributed by atoms with Crippen molar-refractivity contribution in [3.8, 4) is 11.5 Å². The van der Waals surface area contributed by atoms with Gasteiger partial charge in [-0.1, -0.05) is 33.6 Å². The molecule has 1 aliphatic rings. The van der Waals surface area contributed by atoms with Gasteiger partial charge in [-0.05, 0) is 37.3 Å². The number of nitrogens with one attached hydrogen (secondary N) is 2. The van der Waals surface area contributed by atoms with Crippen LogP contribution in [0, 0.1) is 6.92 Å². The number of halogens is 1. The molecule has 8 nitrogen and oxygen atoms in total. The van der Waals surface area contributed by atoms with E-state index in [1.54, 1.807) is 24.3 Å². The molecule has 3 rings (SSSR count). The Morgan fingerprint density at radius 3 is 2.62 bits per heavy atom. The Bertz CT molecular complexity index is 1020. The molecule has 2 aromatic rings. The number of imide groups is 1. The Hall–Kier alpha value is -3.33. The molecule has 0 saturated carbocycles. The van der Waals surface area contributed by atoms with E-state index in [1.165, 1.54) is 13.2 Å². The highest BCUT2D eigenvalue weighted by Crippen LogP contribution is 2.35. The lowest BCUT2D eigenvalue weighted by molar-refractivity contribution is -0.127. The number of nitrogens with zero attached hydrogens (tertiary/aromatic N) is 1. The predicted octanol–water partition coefficient (Wildman–Crippen LogP) is 3.00. The molecule has 0 bridgehead atoms. The highest BCUT2D eigenvalue weighted by molar-refractivity contribution is 9.10. The molecule has 29 heavy (non-hydrogen) atoms. The molecular formula is C20H18BrN3O5. The van der Waals surface area contributed by atoms with Crippen molar-refractivity contribution >= 4 is 45.5 Å². The first-order chi connectivity index (χ1) is 13.8. The summed E-state index contributed by atoms with van der Waals surface area (Å²) in [6.45, 7) is 1.48. The molecule has 0 radical (unpaired) electrons. The molecule has 0 spiro atoms. The fourth-order valence-electron chi connectivity index (χ4n) is 2.71. The number of aromatic hydroxyl groups is 1. The van der Waals surface area contributed by atoms with Crippen molar-refractivity contribution in [1.29, 1.82) is 0 Å². The summed E-state index contributed by atoms with van der Waals surface area (Å²) in [5, 5.41) is 15.3. The predicted molar refractivity (Wildman–Crippen MR) is 110 cm³/mol. The van der Waals surface area contributed by atoms with Gasteiger partial charge in [0.1, 0.15) is 12.2 Å². The molecule has 1 fully saturated rings. The quantitative estimate of drug-likeness (QED) is 0.470. The van der Waals surface area contributed by atoms with E-state index in [-0.39, 0.29) is 22.8 Å². The Labute approximate surface area is 175 Å². The van der Waals surface area contributed by atoms with E-state index >= 15 is 0 Å². The number of anilines is 1. The maximum Gasteiger partial charge on any atom is 0.329 e. The van der Waals surface area contributed by atoms with Crippen LogP contribution in [0.2, 0.25) is 0 Å². The minimum absolute atomic E-state index is 0.0615. The van der Waals surface area contributed by atoms with Gasteiger partial charge in [0, 0.05) is 15.7 Å². The van der Waals surface area contributed by atoms with E-state index in [1.807, 2.05) is 19.1 Å². The number of benzene rings is 2. The highest BCUT2D eigenvalue weighted by Gasteiger charge is 2.35. The van der Waals surface area contributed by atoms with E-state index in [2.05, 4.69) is 26.6 Å². The summed E-state index contributed by atoms with van der Waals surface area (Å²) >= 11 is 3.29. The van der Waals surface area contributed by atoms with Crippen LogP contribution in [0.25, 0.3) is 6.08 Å². The molecule has 1 heterocycles. The number of rotatable bonds is 5. The highest BCUT2D eigenvalue weighted by atomic mass is 79.9. The van der Waals surface area contributed by atoms with Gasteiger partial charge in [-0.25, -0.2) is 9.69 Å². The maximum absolute atomic E-state index is 12.6. The average Bonchev–Trinajstić information content (AvgIpc) is 2.93. The van der Waals surface area contributed by atoms with E-state index < -0.39 is 24.4 Å². The first-order valence-electron chi connectivity index (χ1n) is 8.56. The van der Waals surface area contributed by atoms with Gasteiger partial charge in [-0.3, -0.25) is 9.59 Å². The van der Waals surface area contributed by atoms with Gasteiger partial charge in [0.25, 0.3) is 5.91 Å². The third-order valence-corrected chi connectivity index (χ3v) is 4.65. The molecule has 150 valence electrons. The van der Waals surface area contributed by atoms with Gasteiger partial charge in [0.15, 0.2) is 11.5 Å². The van der Waals surface area contributed by atoms with Crippen molar-refractivity contribution in [2.75, 3.05) is 19.0 Å². The van der Waals surface area contributed by atoms with Crippen LogP contribution in [0.3, 0.4) is 0 Å². The normalized spacial score (nSPS) is 14.9. The first kappa shape index (κ1) is 20.4. The molecule has 0 unspecified atom stereocenters. The van der Waals surface area contributed by atoms with Crippen molar-refractivity contribution in [3.63, 3.8) is 0 Å². The topological polar surface area (TPSA) is 108 Å². The summed E-state index contributed by atoms with van der Waals surface area (Å²) in [7, 11) is 1.40. The van der Waals surface area contributed by atoms with Crippen LogP contribution in [0.15, 0.2) is 46.6 Å². The summed E-state index contributed by atoms with van der Waals surface area (Å²) in [5.74, 6) is -1.16. The van der Waals surface area contributed by atoms with Crippen molar-refractivity contribution in [1.82, 2.24) is 10.2 Å². The number of methoxy groups -OCH3 is 1. The largest absolute Gasteiger partial charge is 0.504 e. The second-order valence-corrected chi connectivity index (χ2v) is 7.26. The van der Waals surface area contributed by atoms with Crippen molar-refractivity contribution in [3.05, 3.63) is 57.7 Å². The van der Waals surface area contributed by atoms with E-state index in [0.717, 1.165) is 10.5 Å². The summed E-state index contributed by atoms with van der Waals surface area (Å²) in [5.41, 5.74) is 1.81. The second-order valence-electron chi connectivity index (χ2n) is 6.34. The Morgan fingerprint density at radius 2 is 1.97 bits per heavy atom. The maximum atomic E-state index is 12.6. The number of carbonyl (C=O) groups excluding carboxylic acids is 3. The molecule has 3 N–H and O–H groups in total. The average molecular weight is 460 g/mol. The minimum atomic E-state index is -0.721. The van der Waals surface area contributed by atoms with Gasteiger partial charge >= 0.3 is 6.03 Å². The fraction of sp³-hybridized carbons (Fsp3) is 0.150. The molecule has 4 amide bonds. The summed E-state index contributed by atoms with van der Waals surface area (Å²) in [6, 6.07) is 9.54. The summed E-state index contributed by atoms with van der Waals surface area (Å²) in [4.78, 5) is 37.8. The van der Waals surface area contributed by atoms with Gasteiger partial charge in [0.2, 0.25) is 5.91 Å². The van der Waals surface area contributed by atoms with Gasteiger partial charge < -0.3 is 20.5 Å². The van der Waals surface area contributed by atoms with Crippen molar-refractivity contribution in [2.45, 2.75) is 6.92 Å². The smallest absolute Gasteiger partial charge is 0.329 e. The van der Waals surface area contributed by atoms with Crippen LogP contribution in [0.4, 0.5) is 10.5 Å². The monoisotopic (exact) mass is 459 g/mol. The van der Waals surface area contributed by atoms with E-state index in [4.69, 9.17) is 4.74 Å². The zero-order valence-electron chi connectivity index (χ0n) is 15.7. The number of aryl methyl sites for hydroxylation is 1. The zero-order chi connectivity index (χ0) is 21.1. The lowest BCUT2D eigenvalue weighted by atomic mass is 10.1. The Balaban J connectivity index is 1.76. The SMILES string of the molecule is COc1cc(Br)cc(C=C2NC(=O)N(CC(=O)Nc3ccc(C)cc3)C2=O)c1O. The van der Waals surface area contributed by atoms with Crippen LogP contribution in [0.5, 0.6) is 11.5 Å². The number of ether oxygens (including phenoxy) is 1. The number of urea groups is 1. The zero-order valence-corrected chi connectivity index (χ0v) is 17.2. The molecule has 1 aliphatic heterocycles. The number of hydrogen-bond acceptors (Lipinski definition) is 5. The van der Waals surface area contributed by atoms with E-state index in [9.17, 15) is 19.5 Å². The summed E-state index contributed by atoms with van der Waals surface area (Å²) < 4.78 is 5.69. The van der Waals surface area contributed by atoms with Crippen LogP contribution < -0.4 is 15.4 Å². The number of phenols is 1. The Kier molecular flexibility index (Phi) is 5.88. The van der Waals surface area contributed by atoms with Crippen LogP contribution in [0.1, 0.15) is 11.1 Å². The lowest BCUT2D eigenvalue weighted by Gasteiger charge is -2.12. The second kappa shape index (κ2) is 8.36. The molecule has 0 aromatic heterocycles. The lowest BCUT2D eigenvalue weighted by Crippen LogP contribution is -2.38. The molecule has 1 saturated heterocycles. The molecule has 0 atom stereocenters. The molecule has 0 aliphatic carbocycles. The van der Waals surface area contributed by atoms with Crippen LogP contribution in [-0.2, 0) is 9.59 Å². The van der Waals surface area contributed by atoms with Gasteiger partial charge in [-0.2, -0.15) is 0 Å². The molecule has 9 heteroatoms. The first-order valence-corrected chi connectivity index (χ1v) is 9.35. The van der Waals surface area contributed by atoms with Crippen LogP contribution >= 0.6 is 15.9 Å². The number of carbonyl (C=O) groups is 3. The number of amides is 4. The summed E-state index contributed by atoms with van der Waals surface area (Å²) in [6.07, 6.45) is 1.32. The standard InChI is InChI=1S/C20H18BrN3O5/c1-11-3-5-14(6-4-11)22-17(25)10-24-19(27)15(23-20(24)28)8-12-7-13(21)9-16(29-2)18(12)26/h3-9,26H,10H2,1-2H3,(H,22,25)(H,23,28). The van der Waals surface area contributed by atoms with E-state index in [0.29, 0.717) is 10.2 Å². The van der Waals surface area contributed by atoms with Crippen molar-refractivity contribution < 1.29 is 24.2 Å². The van der Waals surface area contributed by atoms with Crippen LogP contribution in [-0.4, -0.2) is 41.5 Å². The fourth-order valence-corrected chi connectivity index (χ4v) is 3.17. The molecule has 2 aromatic carbocycles. The third kappa shape index (κ3) is 4.57. The third-order valence-electron chi connectivity index (χ3n) is 4.19. The van der Waals surface area contributed by atoms with Gasteiger partial charge in [-0.15, -0.1) is 0 Å². The molecular weight excluding hydrogens is 442 g/mol. The number of phenolic OH excluding ortho intramolecular Hbond substituents is 1.